The fourth-order valence-electron chi connectivity index (χ4n) is 6.61. The molecule has 0 spiro atoms. The maximum absolute atomic E-state index is 14.7. The standard InChI is InChI=1S/C37H40F2N3O7PS/c1-36(2,3)32(40-33(43)31-20-26-18-27(14-15-30(26)51-31)37(38,39)50(46,47)48)35(45)42-21-25-13-8-7-12-24(25)19-28(42)34(44)41-16-9-17-49-29(22-41)23-10-5-4-6-11-23/h4-8,10-15,18,20,28-29,32H,9,16-17,19,21-22H2,1-3H3,(H,40,43)(H2,46,47,48)/t28-,29?,32?/m0/s1. The van der Waals surface area contributed by atoms with Crippen LogP contribution >= 0.6 is 18.9 Å². The summed E-state index contributed by atoms with van der Waals surface area (Å²) in [5.41, 5.74) is -3.25. The van der Waals surface area contributed by atoms with Gasteiger partial charge in [-0.25, -0.2) is 0 Å². The van der Waals surface area contributed by atoms with Crippen LogP contribution in [0, 0.1) is 5.41 Å². The van der Waals surface area contributed by atoms with Gasteiger partial charge in [0, 0.05) is 36.4 Å². The molecule has 0 bridgehead atoms. The molecule has 270 valence electrons. The molecule has 2 aliphatic rings. The molecule has 0 aliphatic carbocycles. The van der Waals surface area contributed by atoms with E-state index in [1.807, 2.05) is 75.4 Å². The number of benzene rings is 3. The highest BCUT2D eigenvalue weighted by atomic mass is 32.1. The van der Waals surface area contributed by atoms with Gasteiger partial charge in [-0.2, -0.15) is 8.78 Å². The quantitative estimate of drug-likeness (QED) is 0.192. The van der Waals surface area contributed by atoms with E-state index in [9.17, 15) is 37.5 Å². The summed E-state index contributed by atoms with van der Waals surface area (Å²) in [4.78, 5) is 64.7. The first-order valence-corrected chi connectivity index (χ1v) is 19.1. The van der Waals surface area contributed by atoms with E-state index < -0.39 is 48.1 Å². The lowest BCUT2D eigenvalue weighted by Gasteiger charge is -2.42. The van der Waals surface area contributed by atoms with E-state index in [1.54, 1.807) is 9.80 Å². The number of hydrogen-bond donors (Lipinski definition) is 3. The summed E-state index contributed by atoms with van der Waals surface area (Å²) in [6, 6.07) is 20.0. The smallest absolute Gasteiger partial charge is 0.372 e. The molecular weight excluding hydrogens is 699 g/mol. The Morgan fingerprint density at radius 3 is 2.35 bits per heavy atom. The molecule has 1 aromatic heterocycles. The zero-order valence-electron chi connectivity index (χ0n) is 28.4. The van der Waals surface area contributed by atoms with Crippen LogP contribution in [0.3, 0.4) is 0 Å². The summed E-state index contributed by atoms with van der Waals surface area (Å²) >= 11 is 0.999. The highest BCUT2D eigenvalue weighted by molar-refractivity contribution is 7.52. The van der Waals surface area contributed by atoms with Crippen LogP contribution in [0.15, 0.2) is 78.9 Å². The number of thiophene rings is 1. The van der Waals surface area contributed by atoms with Crippen LogP contribution in [0.25, 0.3) is 10.1 Å². The lowest BCUT2D eigenvalue weighted by atomic mass is 9.84. The number of alkyl halides is 2. The largest absolute Gasteiger partial charge is 0.399 e. The Hall–Kier alpha value is -4.00. The van der Waals surface area contributed by atoms with Crippen molar-refractivity contribution in [2.45, 2.75) is 64.0 Å². The fourth-order valence-corrected chi connectivity index (χ4v) is 8.03. The SMILES string of the molecule is CC(C)(C)C(NC(=O)c1cc2cc(C(F)(F)P(=O)(O)O)ccc2s1)C(=O)N1Cc2ccccc2C[C@H]1C(=O)N1CCCOC(c2ccccc2)C1. The summed E-state index contributed by atoms with van der Waals surface area (Å²) in [6.07, 6.45) is 0.622. The van der Waals surface area contributed by atoms with Crippen LogP contribution in [0.1, 0.15) is 65.2 Å². The molecule has 0 saturated carbocycles. The molecule has 2 unspecified atom stereocenters. The van der Waals surface area contributed by atoms with E-state index in [4.69, 9.17) is 4.74 Å². The Morgan fingerprint density at radius 1 is 0.980 bits per heavy atom. The average molecular weight is 740 g/mol. The van der Waals surface area contributed by atoms with E-state index >= 15 is 0 Å². The number of nitrogens with one attached hydrogen (secondary N) is 1. The van der Waals surface area contributed by atoms with Crippen LogP contribution in [0.5, 0.6) is 0 Å². The van der Waals surface area contributed by atoms with E-state index in [0.29, 0.717) is 37.2 Å². The Balaban J connectivity index is 1.28. The predicted molar refractivity (Wildman–Crippen MR) is 189 cm³/mol. The van der Waals surface area contributed by atoms with Crippen molar-refractivity contribution >= 4 is 46.7 Å². The van der Waals surface area contributed by atoms with Crippen LogP contribution in [-0.4, -0.2) is 69.1 Å². The minimum atomic E-state index is -5.79. The molecule has 3 aromatic carbocycles. The van der Waals surface area contributed by atoms with Gasteiger partial charge in [-0.1, -0.05) is 81.4 Å². The van der Waals surface area contributed by atoms with Gasteiger partial charge in [0.05, 0.1) is 11.4 Å². The molecule has 14 heteroatoms. The number of amides is 3. The van der Waals surface area contributed by atoms with Crippen molar-refractivity contribution in [2.24, 2.45) is 5.41 Å². The van der Waals surface area contributed by atoms with E-state index in [1.165, 1.54) is 12.1 Å². The van der Waals surface area contributed by atoms with Gasteiger partial charge in [-0.15, -0.1) is 11.3 Å². The van der Waals surface area contributed by atoms with Crippen molar-refractivity contribution in [1.82, 2.24) is 15.1 Å². The van der Waals surface area contributed by atoms with Gasteiger partial charge in [0.15, 0.2) is 0 Å². The third-order valence-corrected chi connectivity index (χ3v) is 11.5. The van der Waals surface area contributed by atoms with Gasteiger partial charge in [-0.05, 0) is 52.1 Å². The fraction of sp³-hybridized carbons (Fsp3) is 0.378. The highest BCUT2D eigenvalue weighted by Crippen LogP contribution is 2.59. The number of halogens is 2. The number of nitrogens with zero attached hydrogens (tertiary/aromatic N) is 2. The zero-order chi connectivity index (χ0) is 36.7. The molecule has 0 radical (unpaired) electrons. The molecule has 1 saturated heterocycles. The summed E-state index contributed by atoms with van der Waals surface area (Å²) in [6.45, 7) is 6.88. The van der Waals surface area contributed by atoms with Crippen molar-refractivity contribution < 1.29 is 42.3 Å². The Bertz CT molecular complexity index is 1990. The maximum Gasteiger partial charge on any atom is 0.399 e. The number of ether oxygens (including phenoxy) is 1. The second-order valence-electron chi connectivity index (χ2n) is 14.1. The van der Waals surface area contributed by atoms with Crippen LogP contribution in [0.2, 0.25) is 0 Å². The summed E-state index contributed by atoms with van der Waals surface area (Å²) in [5.74, 6) is -1.25. The lowest BCUT2D eigenvalue weighted by molar-refractivity contribution is -0.150. The van der Waals surface area contributed by atoms with E-state index in [2.05, 4.69) is 5.32 Å². The molecule has 10 nitrogen and oxygen atoms in total. The van der Waals surface area contributed by atoms with Gasteiger partial charge in [0.2, 0.25) is 11.8 Å². The Kier molecular flexibility index (Phi) is 10.2. The van der Waals surface area contributed by atoms with Crippen molar-refractivity contribution in [3.8, 4) is 0 Å². The topological polar surface area (TPSA) is 136 Å². The Labute approximate surface area is 298 Å². The average Bonchev–Trinajstić information content (AvgIpc) is 3.37. The lowest BCUT2D eigenvalue weighted by Crippen LogP contribution is -2.61. The first-order valence-electron chi connectivity index (χ1n) is 16.7. The molecule has 3 heterocycles. The zero-order valence-corrected chi connectivity index (χ0v) is 30.1. The molecule has 2 aliphatic heterocycles. The molecular formula is C37H40F2N3O7PS. The van der Waals surface area contributed by atoms with Crippen molar-refractivity contribution in [1.29, 1.82) is 0 Å². The van der Waals surface area contributed by atoms with E-state index in [0.717, 1.165) is 40.2 Å². The number of carbonyl (C=O) groups excluding carboxylic acids is 3. The normalized spacial score (nSPS) is 19.3. The van der Waals surface area contributed by atoms with Crippen LogP contribution in [0.4, 0.5) is 8.78 Å². The van der Waals surface area contributed by atoms with Crippen molar-refractivity contribution in [3.05, 3.63) is 106 Å². The molecule has 4 aromatic rings. The third kappa shape index (κ3) is 7.64. The molecule has 3 amide bonds. The second-order valence-corrected chi connectivity index (χ2v) is 16.8. The van der Waals surface area contributed by atoms with Gasteiger partial charge in [0.25, 0.3) is 5.91 Å². The number of fused-ring (bicyclic) bond motifs is 2. The minimum Gasteiger partial charge on any atom is -0.372 e. The summed E-state index contributed by atoms with van der Waals surface area (Å²) in [5, 5.41) is 3.06. The number of rotatable bonds is 7. The van der Waals surface area contributed by atoms with Gasteiger partial charge < -0.3 is 29.6 Å². The molecule has 3 atom stereocenters. The van der Waals surface area contributed by atoms with Gasteiger partial charge >= 0.3 is 13.3 Å². The number of carbonyl (C=O) groups is 3. The predicted octanol–water partition coefficient (Wildman–Crippen LogP) is 6.22. The van der Waals surface area contributed by atoms with Crippen molar-refractivity contribution in [2.75, 3.05) is 19.7 Å². The number of hydrogen-bond acceptors (Lipinski definition) is 6. The molecule has 3 N–H and O–H groups in total. The Morgan fingerprint density at radius 2 is 1.67 bits per heavy atom. The van der Waals surface area contributed by atoms with Crippen LogP contribution in [-0.2, 0) is 37.5 Å². The molecule has 6 rings (SSSR count). The monoisotopic (exact) mass is 739 g/mol. The second kappa shape index (κ2) is 14.2. The minimum absolute atomic E-state index is 0.122. The van der Waals surface area contributed by atoms with E-state index in [-0.39, 0.29) is 28.8 Å². The molecule has 1 fully saturated rings. The first-order chi connectivity index (χ1) is 24.0. The maximum atomic E-state index is 14.7. The first kappa shape index (κ1) is 36.8. The third-order valence-electron chi connectivity index (χ3n) is 9.42. The van der Waals surface area contributed by atoms with Gasteiger partial charge in [0.1, 0.15) is 18.2 Å². The highest BCUT2D eigenvalue weighted by Gasteiger charge is 2.50. The molecule has 51 heavy (non-hydrogen) atoms. The summed E-state index contributed by atoms with van der Waals surface area (Å²) in [7, 11) is -5.79. The summed E-state index contributed by atoms with van der Waals surface area (Å²) < 4.78 is 46.9. The van der Waals surface area contributed by atoms with Crippen molar-refractivity contribution in [3.63, 3.8) is 0 Å². The van der Waals surface area contributed by atoms with Crippen LogP contribution < -0.4 is 5.32 Å². The van der Waals surface area contributed by atoms with Gasteiger partial charge in [-0.3, -0.25) is 18.9 Å².